The highest BCUT2D eigenvalue weighted by Crippen LogP contribution is 2.25. The Hall–Kier alpha value is -3.49. The van der Waals surface area contributed by atoms with Crippen LogP contribution in [0.15, 0.2) is 36.9 Å². The van der Waals surface area contributed by atoms with Gasteiger partial charge in [0.2, 0.25) is 5.95 Å². The molecule has 0 radical (unpaired) electrons. The van der Waals surface area contributed by atoms with Gasteiger partial charge >= 0.3 is 5.97 Å². The fourth-order valence-corrected chi connectivity index (χ4v) is 3.47. The average Bonchev–Trinajstić information content (AvgIpc) is 3.38. The van der Waals surface area contributed by atoms with Gasteiger partial charge in [0, 0.05) is 11.9 Å². The van der Waals surface area contributed by atoms with E-state index in [1.54, 1.807) is 23.6 Å². The van der Waals surface area contributed by atoms with Crippen molar-refractivity contribution in [2.45, 2.75) is 18.9 Å². The summed E-state index contributed by atoms with van der Waals surface area (Å²) in [6.45, 7) is 0.636. The number of hydrogen-bond donors (Lipinski definition) is 2. The van der Waals surface area contributed by atoms with Crippen molar-refractivity contribution in [1.82, 2.24) is 29.7 Å². The molecule has 9 heteroatoms. The number of benzene rings is 1. The molecular weight excluding hydrogens is 334 g/mol. The number of carboxylic acid groups (broad SMARTS) is 1. The van der Waals surface area contributed by atoms with E-state index in [0.717, 1.165) is 23.0 Å². The molecule has 1 aromatic carbocycles. The Balaban J connectivity index is 1.62. The number of H-pyrrole nitrogens is 1. The molecule has 0 spiro atoms. The zero-order valence-electron chi connectivity index (χ0n) is 13.7. The Labute approximate surface area is 147 Å². The predicted octanol–water partition coefficient (Wildman–Crippen LogP) is 1.75. The van der Waals surface area contributed by atoms with E-state index < -0.39 is 12.0 Å². The van der Waals surface area contributed by atoms with Crippen molar-refractivity contribution in [1.29, 1.82) is 0 Å². The molecule has 26 heavy (non-hydrogen) atoms. The molecule has 0 aliphatic carbocycles. The first kappa shape index (κ1) is 14.8. The summed E-state index contributed by atoms with van der Waals surface area (Å²) in [5.41, 5.74) is 3.11. The van der Waals surface area contributed by atoms with Crippen molar-refractivity contribution < 1.29 is 9.90 Å². The lowest BCUT2D eigenvalue weighted by Crippen LogP contribution is -2.37. The van der Waals surface area contributed by atoms with Gasteiger partial charge in [-0.15, -0.1) is 0 Å². The lowest BCUT2D eigenvalue weighted by atomic mass is 10.2. The van der Waals surface area contributed by atoms with E-state index in [4.69, 9.17) is 0 Å². The highest BCUT2D eigenvalue weighted by atomic mass is 16.4. The Bertz CT molecular complexity index is 1130. The lowest BCUT2D eigenvalue weighted by molar-refractivity contribution is -0.138. The van der Waals surface area contributed by atoms with Crippen molar-refractivity contribution in [3.63, 3.8) is 0 Å². The van der Waals surface area contributed by atoms with Crippen LogP contribution in [-0.4, -0.2) is 53.4 Å². The van der Waals surface area contributed by atoms with Gasteiger partial charge in [-0.3, -0.25) is 9.67 Å². The molecule has 0 bridgehead atoms. The minimum atomic E-state index is -0.843. The smallest absolute Gasteiger partial charge is 0.326 e. The topological polar surface area (TPSA) is 113 Å². The Morgan fingerprint density at radius 1 is 1.27 bits per heavy atom. The number of carbonyl (C=O) groups is 1. The molecule has 5 rings (SSSR count). The molecule has 9 nitrogen and oxygen atoms in total. The summed E-state index contributed by atoms with van der Waals surface area (Å²) in [5, 5.41) is 17.4. The number of fused-ring (bicyclic) bond motifs is 2. The fraction of sp³-hybridized carbons (Fsp3) is 0.235. The maximum absolute atomic E-state index is 11.5. The highest BCUT2D eigenvalue weighted by molar-refractivity contribution is 5.82. The van der Waals surface area contributed by atoms with Gasteiger partial charge in [0.05, 0.1) is 23.6 Å². The number of anilines is 1. The number of rotatable bonds is 3. The van der Waals surface area contributed by atoms with Crippen molar-refractivity contribution in [2.75, 3.05) is 11.4 Å². The van der Waals surface area contributed by atoms with Crippen LogP contribution in [0.5, 0.6) is 0 Å². The molecule has 0 amide bonds. The first-order valence-corrected chi connectivity index (χ1v) is 8.34. The summed E-state index contributed by atoms with van der Waals surface area (Å²) < 4.78 is 1.87. The molecular formula is C17H15N7O2. The van der Waals surface area contributed by atoms with Crippen molar-refractivity contribution in [3.8, 4) is 5.69 Å². The zero-order chi connectivity index (χ0) is 17.7. The maximum atomic E-state index is 11.5. The fourth-order valence-electron chi connectivity index (χ4n) is 3.47. The second kappa shape index (κ2) is 5.51. The number of aliphatic carboxylic acids is 1. The summed E-state index contributed by atoms with van der Waals surface area (Å²) in [4.78, 5) is 26.5. The first-order valence-electron chi connectivity index (χ1n) is 8.34. The maximum Gasteiger partial charge on any atom is 0.326 e. The van der Waals surface area contributed by atoms with Crippen LogP contribution >= 0.6 is 0 Å². The number of nitrogens with zero attached hydrogens (tertiary/aromatic N) is 6. The van der Waals surface area contributed by atoms with Gasteiger partial charge in [-0.1, -0.05) is 0 Å². The van der Waals surface area contributed by atoms with Gasteiger partial charge in [-0.05, 0) is 31.0 Å². The average molecular weight is 349 g/mol. The van der Waals surface area contributed by atoms with Gasteiger partial charge in [0.25, 0.3) is 0 Å². The molecule has 3 aromatic heterocycles. The van der Waals surface area contributed by atoms with Crippen LogP contribution in [-0.2, 0) is 4.79 Å². The molecule has 1 aliphatic rings. The SMILES string of the molecule is O=C(O)[C@@H]1CCCN1c1ncc2ncn(-c3ccc4cn[nH]c4c3)c2n1. The number of carboxylic acids is 1. The van der Waals surface area contributed by atoms with Crippen LogP contribution < -0.4 is 4.90 Å². The summed E-state index contributed by atoms with van der Waals surface area (Å²) in [5.74, 6) is -0.420. The quantitative estimate of drug-likeness (QED) is 0.579. The second-order valence-electron chi connectivity index (χ2n) is 6.32. The number of aromatic nitrogens is 6. The number of hydrogen-bond acceptors (Lipinski definition) is 6. The lowest BCUT2D eigenvalue weighted by Gasteiger charge is -2.21. The molecule has 0 saturated carbocycles. The van der Waals surface area contributed by atoms with Gasteiger partial charge in [0.15, 0.2) is 5.65 Å². The van der Waals surface area contributed by atoms with Crippen molar-refractivity contribution in [3.05, 3.63) is 36.9 Å². The number of nitrogens with one attached hydrogen (secondary N) is 1. The summed E-state index contributed by atoms with van der Waals surface area (Å²) in [6, 6.07) is 5.34. The second-order valence-corrected chi connectivity index (χ2v) is 6.32. The Kier molecular flexibility index (Phi) is 3.14. The van der Waals surface area contributed by atoms with Crippen molar-refractivity contribution >= 4 is 34.0 Å². The largest absolute Gasteiger partial charge is 0.480 e. The van der Waals surface area contributed by atoms with E-state index in [1.165, 1.54) is 0 Å². The third-order valence-corrected chi connectivity index (χ3v) is 4.78. The monoisotopic (exact) mass is 349 g/mol. The van der Waals surface area contributed by atoms with Gasteiger partial charge in [-0.25, -0.2) is 14.8 Å². The van der Waals surface area contributed by atoms with E-state index in [1.807, 2.05) is 22.8 Å². The summed E-state index contributed by atoms with van der Waals surface area (Å²) in [6.07, 6.45) is 6.52. The van der Waals surface area contributed by atoms with Crippen LogP contribution in [0, 0.1) is 0 Å². The van der Waals surface area contributed by atoms with E-state index in [-0.39, 0.29) is 0 Å². The first-order chi connectivity index (χ1) is 12.7. The van der Waals surface area contributed by atoms with Crippen LogP contribution in [0.3, 0.4) is 0 Å². The van der Waals surface area contributed by atoms with Gasteiger partial charge < -0.3 is 10.0 Å². The Morgan fingerprint density at radius 2 is 2.19 bits per heavy atom. The van der Waals surface area contributed by atoms with Crippen molar-refractivity contribution in [2.24, 2.45) is 0 Å². The minimum Gasteiger partial charge on any atom is -0.480 e. The summed E-state index contributed by atoms with van der Waals surface area (Å²) >= 11 is 0. The molecule has 130 valence electrons. The molecule has 4 heterocycles. The van der Waals surface area contributed by atoms with Crippen LogP contribution in [0.2, 0.25) is 0 Å². The highest BCUT2D eigenvalue weighted by Gasteiger charge is 2.32. The number of aromatic amines is 1. The molecule has 1 saturated heterocycles. The zero-order valence-corrected chi connectivity index (χ0v) is 13.7. The van der Waals surface area contributed by atoms with E-state index >= 15 is 0 Å². The molecule has 1 atom stereocenters. The van der Waals surface area contributed by atoms with Gasteiger partial charge in [0.1, 0.15) is 17.9 Å². The van der Waals surface area contributed by atoms with E-state index in [0.29, 0.717) is 30.1 Å². The normalized spacial score (nSPS) is 17.4. The van der Waals surface area contributed by atoms with Crippen LogP contribution in [0.4, 0.5) is 5.95 Å². The molecule has 0 unspecified atom stereocenters. The minimum absolute atomic E-state index is 0.423. The number of imidazole rings is 1. The Morgan fingerprint density at radius 3 is 3.08 bits per heavy atom. The molecule has 4 aromatic rings. The van der Waals surface area contributed by atoms with E-state index in [9.17, 15) is 9.90 Å². The summed E-state index contributed by atoms with van der Waals surface area (Å²) in [7, 11) is 0. The molecule has 1 aliphatic heterocycles. The standard InChI is InChI=1S/C17H15N7O2/c25-16(26)14-2-1-5-23(14)17-18-8-13-15(21-17)24(9-19-13)11-4-3-10-7-20-22-12(10)6-11/h3-4,6-9,14H,1-2,5H2,(H,20,22)(H,25,26)/t14-/m0/s1. The van der Waals surface area contributed by atoms with Crippen LogP contribution in [0.1, 0.15) is 12.8 Å². The third-order valence-electron chi connectivity index (χ3n) is 4.78. The van der Waals surface area contributed by atoms with Gasteiger partial charge in [-0.2, -0.15) is 10.1 Å². The van der Waals surface area contributed by atoms with E-state index in [2.05, 4.69) is 25.1 Å². The predicted molar refractivity (Wildman–Crippen MR) is 94.3 cm³/mol. The van der Waals surface area contributed by atoms with Crippen LogP contribution in [0.25, 0.3) is 27.8 Å². The molecule has 1 fully saturated rings. The molecule has 2 N–H and O–H groups in total. The third kappa shape index (κ3) is 2.20.